The molecule has 1 amide bonds. The van der Waals surface area contributed by atoms with Gasteiger partial charge in [0.25, 0.3) is 0 Å². The van der Waals surface area contributed by atoms with Crippen LogP contribution in [-0.2, 0) is 31.0 Å². The van der Waals surface area contributed by atoms with E-state index in [4.69, 9.17) is 0 Å². The van der Waals surface area contributed by atoms with Crippen LogP contribution >= 0.6 is 0 Å². The number of halogens is 5. The zero-order valence-electron chi connectivity index (χ0n) is 19.1. The van der Waals surface area contributed by atoms with Gasteiger partial charge in [-0.3, -0.25) is 9.69 Å². The highest BCUT2D eigenvalue weighted by atomic mass is 19.4. The van der Waals surface area contributed by atoms with Gasteiger partial charge in [-0.25, -0.2) is 19.9 Å². The number of fused-ring (bicyclic) bond motifs is 1. The Kier molecular flexibility index (Phi) is 6.05. The van der Waals surface area contributed by atoms with Crippen LogP contribution in [0, 0.1) is 0 Å². The molecule has 4 aromatic rings. The second-order valence-corrected chi connectivity index (χ2v) is 8.19. The minimum Gasteiger partial charge on any atom is -0.416 e. The van der Waals surface area contributed by atoms with E-state index < -0.39 is 18.5 Å². The summed E-state index contributed by atoms with van der Waals surface area (Å²) in [7, 11) is 1.47. The van der Waals surface area contributed by atoms with Crippen LogP contribution in [-0.4, -0.2) is 37.0 Å². The van der Waals surface area contributed by atoms with Gasteiger partial charge in [-0.05, 0) is 17.7 Å². The number of carbonyl (C=O) groups excluding carboxylic acids is 1. The molecule has 0 bridgehead atoms. The van der Waals surface area contributed by atoms with Gasteiger partial charge < -0.3 is 9.30 Å². The molecule has 8 nitrogen and oxygen atoms in total. The highest BCUT2D eigenvalue weighted by molar-refractivity contribution is 6.00. The third kappa shape index (κ3) is 4.84. The Bertz CT molecular complexity index is 1470. The van der Waals surface area contributed by atoms with Crippen molar-refractivity contribution in [2.75, 3.05) is 4.90 Å². The van der Waals surface area contributed by atoms with Crippen LogP contribution in [0.4, 0.5) is 27.8 Å². The molecule has 0 aliphatic carbocycles. The number of imidazole rings is 1. The Balaban J connectivity index is 1.41. The molecule has 0 unspecified atom stereocenters. The molecule has 1 aliphatic heterocycles. The molecule has 0 fully saturated rings. The number of hydrogen-bond donors (Lipinski definition) is 0. The first-order valence-electron chi connectivity index (χ1n) is 10.9. The van der Waals surface area contributed by atoms with Crippen molar-refractivity contribution in [2.45, 2.75) is 25.8 Å². The zero-order chi connectivity index (χ0) is 26.3. The van der Waals surface area contributed by atoms with E-state index in [2.05, 4.69) is 24.7 Å². The molecule has 0 N–H and O–H groups in total. The number of rotatable bonds is 6. The summed E-state index contributed by atoms with van der Waals surface area (Å²) in [6, 6.07) is 9.60. The Labute approximate surface area is 206 Å². The van der Waals surface area contributed by atoms with Crippen molar-refractivity contribution < 1.29 is 31.5 Å². The average Bonchev–Trinajstić information content (AvgIpc) is 3.39. The van der Waals surface area contributed by atoms with Crippen molar-refractivity contribution in [3.8, 4) is 28.7 Å². The monoisotopic (exact) mass is 516 g/mol. The number of alkyl halides is 5. The van der Waals surface area contributed by atoms with Crippen molar-refractivity contribution in [3.05, 3.63) is 71.8 Å². The third-order valence-corrected chi connectivity index (χ3v) is 5.67. The summed E-state index contributed by atoms with van der Waals surface area (Å²) in [5.41, 5.74) is 0.890. The summed E-state index contributed by atoms with van der Waals surface area (Å²) in [4.78, 5) is 30.3. The number of aryl methyl sites for hydroxylation is 1. The first-order valence-corrected chi connectivity index (χ1v) is 10.9. The maximum Gasteiger partial charge on any atom is 0.434 e. The van der Waals surface area contributed by atoms with Gasteiger partial charge in [0.15, 0.2) is 11.5 Å². The number of benzene rings is 1. The van der Waals surface area contributed by atoms with Crippen molar-refractivity contribution in [1.29, 1.82) is 0 Å². The molecule has 1 aliphatic rings. The summed E-state index contributed by atoms with van der Waals surface area (Å²) in [6.45, 7) is -2.96. The first-order chi connectivity index (χ1) is 17.6. The van der Waals surface area contributed by atoms with Crippen LogP contribution in [0.25, 0.3) is 22.8 Å². The van der Waals surface area contributed by atoms with Gasteiger partial charge >= 0.3 is 12.8 Å². The molecule has 0 radical (unpaired) electrons. The Morgan fingerprint density at radius 1 is 1.08 bits per heavy atom. The first kappa shape index (κ1) is 24.3. The van der Waals surface area contributed by atoms with Crippen molar-refractivity contribution in [1.82, 2.24) is 24.5 Å². The smallest absolute Gasteiger partial charge is 0.416 e. The van der Waals surface area contributed by atoms with Crippen molar-refractivity contribution in [3.63, 3.8) is 0 Å². The zero-order valence-corrected chi connectivity index (χ0v) is 19.1. The molecule has 0 saturated carbocycles. The van der Waals surface area contributed by atoms with Crippen LogP contribution in [0.15, 0.2) is 55.0 Å². The number of ether oxygens (including phenoxy) is 1. The second-order valence-electron chi connectivity index (χ2n) is 8.19. The minimum absolute atomic E-state index is 0.0628. The van der Waals surface area contributed by atoms with Crippen LogP contribution in [0.3, 0.4) is 0 Å². The highest BCUT2D eigenvalue weighted by Crippen LogP contribution is 2.34. The fourth-order valence-corrected chi connectivity index (χ4v) is 3.98. The van der Waals surface area contributed by atoms with Crippen LogP contribution in [0.1, 0.15) is 16.8 Å². The van der Waals surface area contributed by atoms with E-state index in [1.807, 2.05) is 0 Å². The fourth-order valence-electron chi connectivity index (χ4n) is 3.98. The highest BCUT2D eigenvalue weighted by Gasteiger charge is 2.35. The molecule has 4 heterocycles. The molecule has 37 heavy (non-hydrogen) atoms. The van der Waals surface area contributed by atoms with Gasteiger partial charge in [0.05, 0.1) is 18.5 Å². The minimum atomic E-state index is -4.55. The molecular formula is C24H17F5N6O2. The Morgan fingerprint density at radius 3 is 2.51 bits per heavy atom. The topological polar surface area (TPSA) is 86.0 Å². The van der Waals surface area contributed by atoms with Crippen LogP contribution in [0.2, 0.25) is 0 Å². The standard InChI is InChI=1S/C24H17F5N6O2/c1-34-12-17(24(27,28)29)32-20(34)14-6-4-13(5-7-14)11-35-18(36)9-15-10-31-19(33-21(15)35)16-3-2-8-30-22(16)37-23(25)26/h2-8,10,12,23H,9,11H2,1H3. The van der Waals surface area contributed by atoms with E-state index in [1.165, 1.54) is 41.0 Å². The van der Waals surface area contributed by atoms with Gasteiger partial charge in [-0.2, -0.15) is 22.0 Å². The molecule has 1 aromatic carbocycles. The molecule has 0 saturated heterocycles. The number of hydrogen-bond acceptors (Lipinski definition) is 6. The van der Waals surface area contributed by atoms with Gasteiger partial charge in [0.1, 0.15) is 11.6 Å². The van der Waals surface area contributed by atoms with Gasteiger partial charge in [0, 0.05) is 36.8 Å². The molecule has 3 aromatic heterocycles. The largest absolute Gasteiger partial charge is 0.434 e. The number of nitrogens with zero attached hydrogens (tertiary/aromatic N) is 6. The predicted octanol–water partition coefficient (Wildman–Crippen LogP) is 4.65. The van der Waals surface area contributed by atoms with E-state index in [0.717, 1.165) is 6.20 Å². The van der Waals surface area contributed by atoms with Crippen molar-refractivity contribution >= 4 is 11.7 Å². The SMILES string of the molecule is Cn1cc(C(F)(F)F)nc1-c1ccc(CN2C(=O)Cc3cnc(-c4cccnc4OC(F)F)nc32)cc1. The molecule has 13 heteroatoms. The average molecular weight is 516 g/mol. The lowest BCUT2D eigenvalue weighted by molar-refractivity contribution is -0.140. The van der Waals surface area contributed by atoms with Gasteiger partial charge in [0.2, 0.25) is 11.8 Å². The number of anilines is 1. The Morgan fingerprint density at radius 2 is 1.84 bits per heavy atom. The van der Waals surface area contributed by atoms with E-state index in [-0.39, 0.29) is 42.0 Å². The Hall–Kier alpha value is -4.42. The number of amides is 1. The summed E-state index contributed by atoms with van der Waals surface area (Å²) >= 11 is 0. The third-order valence-electron chi connectivity index (χ3n) is 5.67. The quantitative estimate of drug-likeness (QED) is 0.347. The lowest BCUT2D eigenvalue weighted by Crippen LogP contribution is -2.26. The summed E-state index contributed by atoms with van der Waals surface area (Å²) in [5.74, 6) is -0.0404. The molecule has 190 valence electrons. The number of carbonyl (C=O) groups is 1. The fraction of sp³-hybridized carbons (Fsp3) is 0.208. The lowest BCUT2D eigenvalue weighted by Gasteiger charge is -2.17. The maximum atomic E-state index is 13.0. The van der Waals surface area contributed by atoms with Crippen LogP contribution < -0.4 is 9.64 Å². The summed E-state index contributed by atoms with van der Waals surface area (Å²) in [6.07, 6.45) is -0.822. The maximum absolute atomic E-state index is 13.0. The van der Waals surface area contributed by atoms with E-state index in [9.17, 15) is 26.7 Å². The van der Waals surface area contributed by atoms with E-state index in [0.29, 0.717) is 22.5 Å². The van der Waals surface area contributed by atoms with Crippen molar-refractivity contribution in [2.24, 2.45) is 7.05 Å². The van der Waals surface area contributed by atoms with E-state index in [1.54, 1.807) is 24.3 Å². The lowest BCUT2D eigenvalue weighted by atomic mass is 10.1. The predicted molar refractivity (Wildman–Crippen MR) is 120 cm³/mol. The number of aromatic nitrogens is 5. The molecule has 0 spiro atoms. The second kappa shape index (κ2) is 9.22. The normalized spacial score (nSPS) is 13.4. The molecule has 5 rings (SSSR count). The van der Waals surface area contributed by atoms with Crippen LogP contribution in [0.5, 0.6) is 5.88 Å². The molecule has 0 atom stereocenters. The van der Waals surface area contributed by atoms with Gasteiger partial charge in [-0.1, -0.05) is 24.3 Å². The molecular weight excluding hydrogens is 499 g/mol. The summed E-state index contributed by atoms with van der Waals surface area (Å²) in [5, 5.41) is 0. The van der Waals surface area contributed by atoms with Gasteiger partial charge in [-0.15, -0.1) is 0 Å². The van der Waals surface area contributed by atoms with E-state index >= 15 is 0 Å². The number of pyridine rings is 1. The summed E-state index contributed by atoms with van der Waals surface area (Å²) < 4.78 is 70.3.